The van der Waals surface area contributed by atoms with E-state index in [0.29, 0.717) is 24.0 Å². The summed E-state index contributed by atoms with van der Waals surface area (Å²) in [6.07, 6.45) is 1.71. The SMILES string of the molecule is COC(=O)CN1CCN(c2ccc(Nc3ncc(C)c(Nc4cccc(S(=O)(=O)NC(C)(C)C)c4)n3)cc2)CC1. The minimum absolute atomic E-state index is 0.169. The Kier molecular flexibility index (Phi) is 8.92. The van der Waals surface area contributed by atoms with E-state index < -0.39 is 15.6 Å². The second kappa shape index (κ2) is 12.2. The maximum atomic E-state index is 12.8. The van der Waals surface area contributed by atoms with E-state index in [1.54, 1.807) is 51.2 Å². The summed E-state index contributed by atoms with van der Waals surface area (Å²) in [7, 11) is -2.26. The highest BCUT2D eigenvalue weighted by atomic mass is 32.2. The molecule has 0 saturated carbocycles. The number of carbonyl (C=O) groups is 1. The molecule has 0 atom stereocenters. The van der Waals surface area contributed by atoms with Gasteiger partial charge in [-0.25, -0.2) is 18.1 Å². The first-order chi connectivity index (χ1) is 18.9. The molecule has 0 radical (unpaired) electrons. The van der Waals surface area contributed by atoms with Gasteiger partial charge in [-0.15, -0.1) is 0 Å². The first kappa shape index (κ1) is 29.2. The van der Waals surface area contributed by atoms with E-state index in [4.69, 9.17) is 4.74 Å². The molecule has 2 heterocycles. The summed E-state index contributed by atoms with van der Waals surface area (Å²) in [6, 6.07) is 14.7. The van der Waals surface area contributed by atoms with Gasteiger partial charge in [0.2, 0.25) is 16.0 Å². The first-order valence-electron chi connectivity index (χ1n) is 13.1. The molecule has 0 unspecified atom stereocenters. The number of piperazine rings is 1. The van der Waals surface area contributed by atoms with Crippen LogP contribution in [0.5, 0.6) is 0 Å². The third-order valence-corrected chi connectivity index (χ3v) is 8.02. The minimum Gasteiger partial charge on any atom is -0.468 e. The highest BCUT2D eigenvalue weighted by Crippen LogP contribution is 2.25. The third-order valence-electron chi connectivity index (χ3n) is 6.26. The van der Waals surface area contributed by atoms with Gasteiger partial charge in [0.1, 0.15) is 5.82 Å². The molecule has 40 heavy (non-hydrogen) atoms. The Hall–Kier alpha value is -3.74. The van der Waals surface area contributed by atoms with Gasteiger partial charge >= 0.3 is 5.97 Å². The van der Waals surface area contributed by atoms with Gasteiger partial charge in [-0.1, -0.05) is 6.07 Å². The molecule has 11 nitrogen and oxygen atoms in total. The number of benzene rings is 2. The zero-order valence-electron chi connectivity index (χ0n) is 23.6. The van der Waals surface area contributed by atoms with Gasteiger partial charge in [0.05, 0.1) is 18.6 Å². The zero-order chi connectivity index (χ0) is 28.9. The van der Waals surface area contributed by atoms with Gasteiger partial charge in [0.15, 0.2) is 0 Å². The van der Waals surface area contributed by atoms with Crippen molar-refractivity contribution >= 4 is 44.8 Å². The molecule has 4 rings (SSSR count). The number of methoxy groups -OCH3 is 1. The van der Waals surface area contributed by atoms with E-state index >= 15 is 0 Å². The Balaban J connectivity index is 1.40. The third kappa shape index (κ3) is 7.90. The number of esters is 1. The second-order valence-corrected chi connectivity index (χ2v) is 12.4. The number of ether oxygens (including phenoxy) is 1. The molecule has 0 bridgehead atoms. The highest BCUT2D eigenvalue weighted by Gasteiger charge is 2.22. The maximum Gasteiger partial charge on any atom is 0.319 e. The number of hydrogen-bond acceptors (Lipinski definition) is 10. The van der Waals surface area contributed by atoms with Gasteiger partial charge in [0, 0.05) is 60.5 Å². The van der Waals surface area contributed by atoms with Gasteiger partial charge in [-0.2, -0.15) is 4.98 Å². The number of nitrogens with zero attached hydrogens (tertiary/aromatic N) is 4. The second-order valence-electron chi connectivity index (χ2n) is 10.7. The predicted octanol–water partition coefficient (Wildman–Crippen LogP) is 3.64. The van der Waals surface area contributed by atoms with Crippen molar-refractivity contribution in [2.24, 2.45) is 0 Å². The molecule has 1 aliphatic rings. The highest BCUT2D eigenvalue weighted by molar-refractivity contribution is 7.89. The Morgan fingerprint density at radius 1 is 1.00 bits per heavy atom. The predicted molar refractivity (Wildman–Crippen MR) is 157 cm³/mol. The number of sulfonamides is 1. The van der Waals surface area contributed by atoms with Crippen molar-refractivity contribution in [1.82, 2.24) is 19.6 Å². The topological polar surface area (TPSA) is 129 Å². The summed E-state index contributed by atoms with van der Waals surface area (Å²) in [4.78, 5) is 25.1. The summed E-state index contributed by atoms with van der Waals surface area (Å²) in [5.41, 5.74) is 2.76. The fraction of sp³-hybridized carbons (Fsp3) is 0.393. The molecular formula is C28H37N7O4S. The van der Waals surface area contributed by atoms with E-state index in [2.05, 4.69) is 35.1 Å². The standard InChI is InChI=1S/C28H37N7O4S/c1-20-18-29-27(32-26(20)30-22-7-6-8-24(17-22)40(37,38)33-28(2,3)4)31-21-9-11-23(12-10-21)35-15-13-34(14-16-35)19-25(36)39-5/h6-12,17-18,33H,13-16,19H2,1-5H3,(H2,29,30,31,32). The Morgan fingerprint density at radius 2 is 1.70 bits per heavy atom. The molecule has 1 fully saturated rings. The molecule has 3 aromatic rings. The zero-order valence-corrected chi connectivity index (χ0v) is 24.4. The molecule has 0 spiro atoms. The van der Waals surface area contributed by atoms with Crippen LogP contribution in [0.2, 0.25) is 0 Å². The molecule has 214 valence electrons. The summed E-state index contributed by atoms with van der Waals surface area (Å²) in [6.45, 7) is 10.9. The van der Waals surface area contributed by atoms with Crippen molar-refractivity contribution in [3.63, 3.8) is 0 Å². The van der Waals surface area contributed by atoms with Crippen molar-refractivity contribution < 1.29 is 17.9 Å². The lowest BCUT2D eigenvalue weighted by atomic mass is 10.1. The van der Waals surface area contributed by atoms with Gasteiger partial charge in [-0.3, -0.25) is 9.69 Å². The van der Waals surface area contributed by atoms with E-state index in [9.17, 15) is 13.2 Å². The van der Waals surface area contributed by atoms with E-state index in [-0.39, 0.29) is 10.9 Å². The van der Waals surface area contributed by atoms with E-state index in [0.717, 1.165) is 43.1 Å². The molecule has 0 amide bonds. The van der Waals surface area contributed by atoms with E-state index in [1.807, 2.05) is 31.2 Å². The van der Waals surface area contributed by atoms with E-state index in [1.165, 1.54) is 7.11 Å². The molecule has 1 aromatic heterocycles. The van der Waals surface area contributed by atoms with Crippen LogP contribution in [-0.2, 0) is 19.6 Å². The molecule has 2 aromatic carbocycles. The number of rotatable bonds is 9. The molecule has 1 aliphatic heterocycles. The van der Waals surface area contributed by atoms with Gasteiger partial charge in [-0.05, 0) is 70.2 Å². The lowest BCUT2D eigenvalue weighted by Crippen LogP contribution is -2.48. The van der Waals surface area contributed by atoms with Crippen LogP contribution in [0.1, 0.15) is 26.3 Å². The average molecular weight is 568 g/mol. The van der Waals surface area contributed by atoms with Gasteiger partial charge in [0.25, 0.3) is 0 Å². The number of carbonyl (C=O) groups excluding carboxylic acids is 1. The monoisotopic (exact) mass is 567 g/mol. The average Bonchev–Trinajstić information content (AvgIpc) is 2.90. The van der Waals surface area contributed by atoms with Crippen molar-refractivity contribution in [2.45, 2.75) is 38.1 Å². The molecule has 0 aliphatic carbocycles. The van der Waals surface area contributed by atoms with Crippen LogP contribution in [-0.4, -0.2) is 74.6 Å². The van der Waals surface area contributed by atoms with Crippen LogP contribution < -0.4 is 20.3 Å². The van der Waals surface area contributed by atoms with Crippen LogP contribution in [0.25, 0.3) is 0 Å². The normalized spacial score (nSPS) is 14.6. The van der Waals surface area contributed by atoms with Crippen molar-refractivity contribution in [1.29, 1.82) is 0 Å². The summed E-state index contributed by atoms with van der Waals surface area (Å²) in [5, 5.41) is 6.46. The van der Waals surface area contributed by atoms with Crippen LogP contribution in [0.15, 0.2) is 59.6 Å². The molecular weight excluding hydrogens is 530 g/mol. The summed E-state index contributed by atoms with van der Waals surface area (Å²) >= 11 is 0. The molecule has 3 N–H and O–H groups in total. The fourth-order valence-corrected chi connectivity index (χ4v) is 5.73. The molecule has 1 saturated heterocycles. The molecule has 12 heteroatoms. The maximum absolute atomic E-state index is 12.8. The Labute approximate surface area is 236 Å². The number of aryl methyl sites for hydroxylation is 1. The van der Waals surface area contributed by atoms with Crippen molar-refractivity contribution in [3.05, 3.63) is 60.3 Å². The quantitative estimate of drug-likeness (QED) is 0.330. The van der Waals surface area contributed by atoms with Crippen LogP contribution in [0.4, 0.5) is 28.8 Å². The van der Waals surface area contributed by atoms with Gasteiger partial charge < -0.3 is 20.3 Å². The largest absolute Gasteiger partial charge is 0.468 e. The van der Waals surface area contributed by atoms with Crippen molar-refractivity contribution in [2.75, 3.05) is 55.4 Å². The van der Waals surface area contributed by atoms with Crippen LogP contribution in [0.3, 0.4) is 0 Å². The Morgan fingerprint density at radius 3 is 2.35 bits per heavy atom. The fourth-order valence-electron chi connectivity index (χ4n) is 4.26. The minimum atomic E-state index is -3.67. The lowest BCUT2D eigenvalue weighted by Gasteiger charge is -2.35. The summed E-state index contributed by atoms with van der Waals surface area (Å²) < 4.78 is 33.0. The summed E-state index contributed by atoms with van der Waals surface area (Å²) in [5.74, 6) is 0.767. The number of anilines is 5. The Bertz CT molecular complexity index is 1430. The smallest absolute Gasteiger partial charge is 0.319 e. The lowest BCUT2D eigenvalue weighted by molar-refractivity contribution is -0.142. The van der Waals surface area contributed by atoms with Crippen molar-refractivity contribution in [3.8, 4) is 0 Å². The number of aromatic nitrogens is 2. The van der Waals surface area contributed by atoms with Crippen LogP contribution in [0, 0.1) is 6.92 Å². The number of nitrogens with one attached hydrogen (secondary N) is 3. The van der Waals surface area contributed by atoms with Crippen LogP contribution >= 0.6 is 0 Å². The number of hydrogen-bond donors (Lipinski definition) is 3. The first-order valence-corrected chi connectivity index (χ1v) is 14.6.